The SMILES string of the molecule is CCOC(=O)c1cc(C(=O)c2ccc(OC)cc2)nc2ccc(C)cc12. The minimum Gasteiger partial charge on any atom is -0.497 e. The second kappa shape index (κ2) is 7.35. The molecule has 0 aliphatic rings. The molecule has 0 saturated heterocycles. The third kappa shape index (κ3) is 3.42. The monoisotopic (exact) mass is 349 g/mol. The summed E-state index contributed by atoms with van der Waals surface area (Å²) in [7, 11) is 1.56. The second-order valence-electron chi connectivity index (χ2n) is 5.85. The van der Waals surface area contributed by atoms with Crippen LogP contribution in [0.15, 0.2) is 48.5 Å². The Bertz CT molecular complexity index is 977. The summed E-state index contributed by atoms with van der Waals surface area (Å²) < 4.78 is 10.3. The van der Waals surface area contributed by atoms with E-state index >= 15 is 0 Å². The summed E-state index contributed by atoms with van der Waals surface area (Å²) in [5.41, 5.74) is 2.60. The molecule has 0 aliphatic heterocycles. The van der Waals surface area contributed by atoms with Gasteiger partial charge in [0.05, 0.1) is 24.8 Å². The number of fused-ring (bicyclic) bond motifs is 1. The molecule has 0 unspecified atom stereocenters. The molecular formula is C21H19NO4. The van der Waals surface area contributed by atoms with Gasteiger partial charge in [-0.05, 0) is 56.3 Å². The van der Waals surface area contributed by atoms with Crippen LogP contribution in [0.25, 0.3) is 10.9 Å². The predicted octanol–water partition coefficient (Wildman–Crippen LogP) is 3.96. The van der Waals surface area contributed by atoms with Crippen LogP contribution in [0.2, 0.25) is 0 Å². The number of aryl methyl sites for hydroxylation is 1. The van der Waals surface area contributed by atoms with Crippen LogP contribution in [0.4, 0.5) is 0 Å². The third-order valence-electron chi connectivity index (χ3n) is 4.04. The van der Waals surface area contributed by atoms with Crippen LogP contribution in [-0.2, 0) is 4.74 Å². The van der Waals surface area contributed by atoms with Gasteiger partial charge in [0.25, 0.3) is 0 Å². The number of carbonyl (C=O) groups excluding carboxylic acids is 2. The van der Waals surface area contributed by atoms with Crippen molar-refractivity contribution in [1.29, 1.82) is 0 Å². The Balaban J connectivity index is 2.12. The minimum atomic E-state index is -0.464. The van der Waals surface area contributed by atoms with E-state index in [1.54, 1.807) is 44.4 Å². The molecule has 0 bridgehead atoms. The van der Waals surface area contributed by atoms with Crippen LogP contribution in [0.1, 0.15) is 38.9 Å². The van der Waals surface area contributed by atoms with E-state index in [1.807, 2.05) is 19.1 Å². The molecule has 2 aromatic carbocycles. The van der Waals surface area contributed by atoms with Crippen molar-refractivity contribution in [2.24, 2.45) is 0 Å². The van der Waals surface area contributed by atoms with Gasteiger partial charge in [-0.1, -0.05) is 11.6 Å². The van der Waals surface area contributed by atoms with E-state index in [4.69, 9.17) is 9.47 Å². The van der Waals surface area contributed by atoms with E-state index in [0.717, 1.165) is 5.56 Å². The summed E-state index contributed by atoms with van der Waals surface area (Å²) in [5, 5.41) is 0.676. The Labute approximate surface area is 151 Å². The van der Waals surface area contributed by atoms with Gasteiger partial charge in [-0.15, -0.1) is 0 Å². The molecular weight excluding hydrogens is 330 g/mol. The fourth-order valence-electron chi connectivity index (χ4n) is 2.72. The molecule has 0 spiro atoms. The number of hydrogen-bond donors (Lipinski definition) is 0. The number of esters is 1. The van der Waals surface area contributed by atoms with Gasteiger partial charge in [-0.25, -0.2) is 9.78 Å². The molecule has 3 rings (SSSR count). The maximum atomic E-state index is 12.8. The molecule has 0 N–H and O–H groups in total. The molecule has 0 amide bonds. The molecule has 0 aliphatic carbocycles. The van der Waals surface area contributed by atoms with Crippen molar-refractivity contribution < 1.29 is 19.1 Å². The highest BCUT2D eigenvalue weighted by Crippen LogP contribution is 2.23. The number of pyridine rings is 1. The zero-order valence-corrected chi connectivity index (χ0v) is 14.9. The number of carbonyl (C=O) groups is 2. The summed E-state index contributed by atoms with van der Waals surface area (Å²) in [6.07, 6.45) is 0. The second-order valence-corrected chi connectivity index (χ2v) is 5.85. The topological polar surface area (TPSA) is 65.5 Å². The first-order chi connectivity index (χ1) is 12.5. The number of rotatable bonds is 5. The Morgan fingerprint density at radius 1 is 1.04 bits per heavy atom. The van der Waals surface area contributed by atoms with Gasteiger partial charge in [-0.3, -0.25) is 4.79 Å². The predicted molar refractivity (Wildman–Crippen MR) is 98.9 cm³/mol. The minimum absolute atomic E-state index is 0.203. The lowest BCUT2D eigenvalue weighted by Gasteiger charge is -2.10. The average Bonchev–Trinajstić information content (AvgIpc) is 2.66. The molecule has 26 heavy (non-hydrogen) atoms. The zero-order chi connectivity index (χ0) is 18.7. The molecule has 5 heteroatoms. The maximum absolute atomic E-state index is 12.8. The highest BCUT2D eigenvalue weighted by molar-refractivity contribution is 6.12. The van der Waals surface area contributed by atoms with Crippen molar-refractivity contribution in [3.63, 3.8) is 0 Å². The average molecular weight is 349 g/mol. The van der Waals surface area contributed by atoms with Gasteiger partial charge in [0.2, 0.25) is 5.78 Å². The molecule has 1 heterocycles. The van der Waals surface area contributed by atoms with E-state index in [9.17, 15) is 9.59 Å². The number of benzene rings is 2. The van der Waals surface area contributed by atoms with Crippen LogP contribution in [0, 0.1) is 6.92 Å². The zero-order valence-electron chi connectivity index (χ0n) is 14.9. The van der Waals surface area contributed by atoms with E-state index in [1.165, 1.54) is 6.07 Å². The van der Waals surface area contributed by atoms with Crippen molar-refractivity contribution in [2.45, 2.75) is 13.8 Å². The molecule has 0 saturated carbocycles. The summed E-state index contributed by atoms with van der Waals surface area (Å²) in [4.78, 5) is 29.7. The standard InChI is InChI=1S/C21H19NO4/c1-4-26-21(24)17-12-19(22-18-10-5-13(2)11-16(17)18)20(23)14-6-8-15(25-3)9-7-14/h5-12H,4H2,1-3H3. The molecule has 0 fully saturated rings. The molecule has 0 atom stereocenters. The molecule has 5 nitrogen and oxygen atoms in total. The lowest BCUT2D eigenvalue weighted by Crippen LogP contribution is -2.11. The van der Waals surface area contributed by atoms with Gasteiger partial charge in [0.1, 0.15) is 11.4 Å². The largest absolute Gasteiger partial charge is 0.497 e. The van der Waals surface area contributed by atoms with Crippen molar-refractivity contribution in [1.82, 2.24) is 4.98 Å². The Morgan fingerprint density at radius 2 is 1.77 bits per heavy atom. The summed E-state index contributed by atoms with van der Waals surface area (Å²) in [6.45, 7) is 3.94. The molecule has 3 aromatic rings. The van der Waals surface area contributed by atoms with Crippen molar-refractivity contribution in [2.75, 3.05) is 13.7 Å². The molecule has 0 radical (unpaired) electrons. The smallest absolute Gasteiger partial charge is 0.338 e. The van der Waals surface area contributed by atoms with Crippen molar-refractivity contribution in [3.05, 3.63) is 70.9 Å². The molecule has 1 aromatic heterocycles. The van der Waals surface area contributed by atoms with Crippen molar-refractivity contribution in [3.8, 4) is 5.75 Å². The van der Waals surface area contributed by atoms with Gasteiger partial charge < -0.3 is 9.47 Å². The maximum Gasteiger partial charge on any atom is 0.338 e. The normalized spacial score (nSPS) is 10.6. The Morgan fingerprint density at radius 3 is 2.42 bits per heavy atom. The van der Waals surface area contributed by atoms with E-state index < -0.39 is 5.97 Å². The van der Waals surface area contributed by atoms with Crippen LogP contribution >= 0.6 is 0 Å². The molecule has 132 valence electrons. The van der Waals surface area contributed by atoms with Crippen molar-refractivity contribution >= 4 is 22.7 Å². The van der Waals surface area contributed by atoms with E-state index in [-0.39, 0.29) is 18.1 Å². The lowest BCUT2D eigenvalue weighted by atomic mass is 10.0. The summed E-state index contributed by atoms with van der Waals surface area (Å²) in [5.74, 6) is -0.0642. The number of nitrogens with zero attached hydrogens (tertiary/aromatic N) is 1. The Kier molecular flexibility index (Phi) is 4.98. The van der Waals surface area contributed by atoms with Crippen LogP contribution < -0.4 is 4.74 Å². The van der Waals surface area contributed by atoms with E-state index in [2.05, 4.69) is 4.98 Å². The number of aromatic nitrogens is 1. The van der Waals surface area contributed by atoms with Gasteiger partial charge in [0, 0.05) is 10.9 Å². The number of methoxy groups -OCH3 is 1. The Hall–Kier alpha value is -3.21. The fourth-order valence-corrected chi connectivity index (χ4v) is 2.72. The first kappa shape index (κ1) is 17.6. The fraction of sp³-hybridized carbons (Fsp3) is 0.190. The van der Waals surface area contributed by atoms with Crippen LogP contribution in [0.5, 0.6) is 5.75 Å². The summed E-state index contributed by atoms with van der Waals surface area (Å²) >= 11 is 0. The van der Waals surface area contributed by atoms with Gasteiger partial charge in [-0.2, -0.15) is 0 Å². The number of hydrogen-bond acceptors (Lipinski definition) is 5. The van der Waals surface area contributed by atoms with E-state index in [0.29, 0.717) is 27.8 Å². The van der Waals surface area contributed by atoms with Crippen LogP contribution in [0.3, 0.4) is 0 Å². The first-order valence-corrected chi connectivity index (χ1v) is 8.30. The summed E-state index contributed by atoms with van der Waals surface area (Å²) in [6, 6.07) is 13.8. The highest BCUT2D eigenvalue weighted by atomic mass is 16.5. The van der Waals surface area contributed by atoms with Gasteiger partial charge >= 0.3 is 5.97 Å². The highest BCUT2D eigenvalue weighted by Gasteiger charge is 2.18. The third-order valence-corrected chi connectivity index (χ3v) is 4.04. The van der Waals surface area contributed by atoms with Gasteiger partial charge in [0.15, 0.2) is 0 Å². The number of ether oxygens (including phenoxy) is 2. The quantitative estimate of drug-likeness (QED) is 0.515. The first-order valence-electron chi connectivity index (χ1n) is 8.30. The lowest BCUT2D eigenvalue weighted by molar-refractivity contribution is 0.0528. The number of ketones is 1. The van der Waals surface area contributed by atoms with Crippen LogP contribution in [-0.4, -0.2) is 30.5 Å².